The molecule has 3 rings (SSSR count). The van der Waals surface area contributed by atoms with Crippen LogP contribution in [0.5, 0.6) is 0 Å². The highest BCUT2D eigenvalue weighted by atomic mass is 16.4. The van der Waals surface area contributed by atoms with E-state index in [1.165, 1.54) is 4.90 Å². The van der Waals surface area contributed by atoms with E-state index in [2.05, 4.69) is 10.6 Å². The lowest BCUT2D eigenvalue weighted by Gasteiger charge is -2.33. The van der Waals surface area contributed by atoms with Crippen LogP contribution < -0.4 is 10.6 Å². The fourth-order valence-corrected chi connectivity index (χ4v) is 2.87. The number of rotatable bonds is 1. The molecule has 3 N–H and O–H groups in total. The molecule has 6 nitrogen and oxygen atoms in total. The van der Waals surface area contributed by atoms with E-state index >= 15 is 0 Å². The Labute approximate surface area is 116 Å². The van der Waals surface area contributed by atoms with Crippen LogP contribution in [0.4, 0.5) is 10.5 Å². The van der Waals surface area contributed by atoms with Crippen molar-refractivity contribution in [2.24, 2.45) is 0 Å². The lowest BCUT2D eigenvalue weighted by atomic mass is 9.96. The number of hydrogen-bond acceptors (Lipinski definition) is 3. The van der Waals surface area contributed by atoms with Gasteiger partial charge in [-0.3, -0.25) is 9.69 Å². The monoisotopic (exact) mass is 275 g/mol. The van der Waals surface area contributed by atoms with Crippen molar-refractivity contribution >= 4 is 17.7 Å². The van der Waals surface area contributed by atoms with Gasteiger partial charge < -0.3 is 15.7 Å². The maximum Gasteiger partial charge on any atom is 0.408 e. The molecule has 20 heavy (non-hydrogen) atoms. The summed E-state index contributed by atoms with van der Waals surface area (Å²) in [5.41, 5.74) is 2.97. The van der Waals surface area contributed by atoms with Gasteiger partial charge >= 0.3 is 6.09 Å². The fraction of sp³-hybridized carbons (Fsp3) is 0.429. The molecule has 1 aromatic carbocycles. The van der Waals surface area contributed by atoms with Crippen LogP contribution in [0.25, 0.3) is 0 Å². The molecule has 2 heterocycles. The summed E-state index contributed by atoms with van der Waals surface area (Å²) in [6, 6.07) is 4.98. The molecule has 0 saturated carbocycles. The Balaban J connectivity index is 1.96. The average Bonchev–Trinajstić information content (AvgIpc) is 2.46. The first kappa shape index (κ1) is 12.8. The number of carboxylic acid groups (broad SMARTS) is 1. The van der Waals surface area contributed by atoms with E-state index < -0.39 is 12.1 Å². The van der Waals surface area contributed by atoms with Crippen LogP contribution in [0, 0.1) is 0 Å². The topological polar surface area (TPSA) is 81.7 Å². The second kappa shape index (κ2) is 5.03. The molecular weight excluding hydrogens is 258 g/mol. The van der Waals surface area contributed by atoms with E-state index in [1.54, 1.807) is 0 Å². The van der Waals surface area contributed by atoms with Gasteiger partial charge in [-0.15, -0.1) is 0 Å². The number of nitrogens with zero attached hydrogens (tertiary/aromatic N) is 1. The van der Waals surface area contributed by atoms with Gasteiger partial charge in [0, 0.05) is 25.3 Å². The number of amides is 2. The number of piperazine rings is 1. The highest BCUT2D eigenvalue weighted by Gasteiger charge is 2.34. The smallest absolute Gasteiger partial charge is 0.408 e. The first-order valence-corrected chi connectivity index (χ1v) is 6.81. The molecule has 0 bridgehead atoms. The Kier molecular flexibility index (Phi) is 3.22. The van der Waals surface area contributed by atoms with Gasteiger partial charge in [0.15, 0.2) is 0 Å². The molecule has 2 aliphatic heterocycles. The average molecular weight is 275 g/mol. The highest BCUT2D eigenvalue weighted by Crippen LogP contribution is 2.29. The second-order valence-electron chi connectivity index (χ2n) is 5.12. The lowest BCUT2D eigenvalue weighted by molar-refractivity contribution is -0.128. The molecule has 1 unspecified atom stereocenters. The summed E-state index contributed by atoms with van der Waals surface area (Å²) in [5.74, 6) is -0.248. The number of carbonyl (C=O) groups is 2. The third kappa shape index (κ3) is 2.17. The molecule has 6 heteroatoms. The summed E-state index contributed by atoms with van der Waals surface area (Å²) in [4.78, 5) is 24.6. The zero-order valence-corrected chi connectivity index (χ0v) is 11.1. The van der Waals surface area contributed by atoms with Gasteiger partial charge in [0.05, 0.1) is 0 Å². The van der Waals surface area contributed by atoms with Gasteiger partial charge in [-0.25, -0.2) is 4.79 Å². The molecule has 1 fully saturated rings. The summed E-state index contributed by atoms with van der Waals surface area (Å²) in [5, 5.41) is 15.3. The van der Waals surface area contributed by atoms with Crippen LogP contribution in [-0.4, -0.2) is 41.6 Å². The van der Waals surface area contributed by atoms with E-state index in [0.717, 1.165) is 36.2 Å². The number of anilines is 1. The fourth-order valence-electron chi connectivity index (χ4n) is 2.87. The van der Waals surface area contributed by atoms with E-state index in [0.29, 0.717) is 13.1 Å². The van der Waals surface area contributed by atoms with Gasteiger partial charge in [-0.05, 0) is 30.0 Å². The van der Waals surface area contributed by atoms with Crippen LogP contribution in [0.2, 0.25) is 0 Å². The Hall–Kier alpha value is -2.24. The maximum atomic E-state index is 12.0. The van der Waals surface area contributed by atoms with Crippen molar-refractivity contribution in [2.45, 2.75) is 18.9 Å². The number of benzene rings is 1. The molecule has 1 atom stereocenters. The molecule has 1 saturated heterocycles. The third-order valence-electron chi connectivity index (χ3n) is 3.84. The Bertz CT molecular complexity index is 559. The van der Waals surface area contributed by atoms with Crippen molar-refractivity contribution in [3.63, 3.8) is 0 Å². The molecule has 2 amide bonds. The number of carbonyl (C=O) groups excluding carboxylic acids is 1. The minimum atomic E-state index is -1.05. The number of nitrogens with one attached hydrogen (secondary N) is 2. The zero-order valence-electron chi connectivity index (χ0n) is 11.1. The standard InChI is InChI=1S/C14H17N3O3/c18-13-12(17(14(19)20)7-6-16-13)10-3-4-11-9(8-10)2-1-5-15-11/h3-4,8,12,15H,1-2,5-7H2,(H,16,18)(H,19,20). The van der Waals surface area contributed by atoms with Crippen LogP contribution in [0.1, 0.15) is 23.6 Å². The minimum Gasteiger partial charge on any atom is -0.465 e. The lowest BCUT2D eigenvalue weighted by Crippen LogP contribution is -2.51. The van der Waals surface area contributed by atoms with Crippen LogP contribution >= 0.6 is 0 Å². The highest BCUT2D eigenvalue weighted by molar-refractivity contribution is 5.87. The molecule has 0 aromatic heterocycles. The number of hydrogen-bond donors (Lipinski definition) is 3. The van der Waals surface area contributed by atoms with Crippen molar-refractivity contribution in [3.8, 4) is 0 Å². The Morgan fingerprint density at radius 3 is 2.95 bits per heavy atom. The van der Waals surface area contributed by atoms with Crippen molar-refractivity contribution in [2.75, 3.05) is 25.0 Å². The summed E-state index contributed by atoms with van der Waals surface area (Å²) in [7, 11) is 0. The zero-order chi connectivity index (χ0) is 14.1. The molecule has 106 valence electrons. The molecule has 1 aromatic rings. The largest absolute Gasteiger partial charge is 0.465 e. The van der Waals surface area contributed by atoms with E-state index in [9.17, 15) is 14.7 Å². The molecule has 0 radical (unpaired) electrons. The van der Waals surface area contributed by atoms with Crippen molar-refractivity contribution in [1.82, 2.24) is 10.2 Å². The van der Waals surface area contributed by atoms with Gasteiger partial charge in [0.25, 0.3) is 0 Å². The van der Waals surface area contributed by atoms with E-state index in [4.69, 9.17) is 0 Å². The van der Waals surface area contributed by atoms with Crippen LogP contribution in [-0.2, 0) is 11.2 Å². The second-order valence-corrected chi connectivity index (χ2v) is 5.12. The van der Waals surface area contributed by atoms with Crippen molar-refractivity contribution in [1.29, 1.82) is 0 Å². The number of fused-ring (bicyclic) bond motifs is 1. The van der Waals surface area contributed by atoms with E-state index in [-0.39, 0.29) is 5.91 Å². The normalized spacial score (nSPS) is 21.7. The van der Waals surface area contributed by atoms with Crippen molar-refractivity contribution in [3.05, 3.63) is 29.3 Å². The van der Waals surface area contributed by atoms with Gasteiger partial charge in [0.2, 0.25) is 5.91 Å². The first-order valence-electron chi connectivity index (χ1n) is 6.81. The van der Waals surface area contributed by atoms with E-state index in [1.807, 2.05) is 18.2 Å². The summed E-state index contributed by atoms with van der Waals surface area (Å²) >= 11 is 0. The summed E-state index contributed by atoms with van der Waals surface area (Å²) in [6.45, 7) is 1.65. The quantitative estimate of drug-likeness (QED) is 0.719. The van der Waals surface area contributed by atoms with Gasteiger partial charge in [-0.1, -0.05) is 12.1 Å². The maximum absolute atomic E-state index is 12.0. The Morgan fingerprint density at radius 2 is 2.15 bits per heavy atom. The van der Waals surface area contributed by atoms with Crippen molar-refractivity contribution < 1.29 is 14.7 Å². The SMILES string of the molecule is O=C1NCCN(C(=O)O)C1c1ccc2c(c1)CCCN2. The number of aryl methyl sites for hydroxylation is 1. The van der Waals surface area contributed by atoms with Gasteiger partial charge in [-0.2, -0.15) is 0 Å². The molecular formula is C14H17N3O3. The first-order chi connectivity index (χ1) is 9.66. The molecule has 0 spiro atoms. The van der Waals surface area contributed by atoms with Crippen LogP contribution in [0.15, 0.2) is 18.2 Å². The molecule has 0 aliphatic carbocycles. The molecule has 2 aliphatic rings. The summed E-state index contributed by atoms with van der Waals surface area (Å²) in [6.07, 6.45) is 0.953. The van der Waals surface area contributed by atoms with Gasteiger partial charge in [0.1, 0.15) is 6.04 Å². The third-order valence-corrected chi connectivity index (χ3v) is 3.84. The predicted molar refractivity (Wildman–Crippen MR) is 73.7 cm³/mol. The minimum absolute atomic E-state index is 0.248. The Morgan fingerprint density at radius 1 is 1.30 bits per heavy atom. The predicted octanol–water partition coefficient (Wildman–Crippen LogP) is 1.20. The summed E-state index contributed by atoms with van der Waals surface area (Å²) < 4.78 is 0. The van der Waals surface area contributed by atoms with Crippen LogP contribution in [0.3, 0.4) is 0 Å².